The van der Waals surface area contributed by atoms with Crippen molar-refractivity contribution in [2.24, 2.45) is 0 Å². The van der Waals surface area contributed by atoms with Gasteiger partial charge in [-0.05, 0) is 38.1 Å². The van der Waals surface area contributed by atoms with Gasteiger partial charge >= 0.3 is 0 Å². The normalized spacial score (nSPS) is 21.8. The van der Waals surface area contributed by atoms with Crippen LogP contribution in [0.4, 0.5) is 4.39 Å². The second-order valence-electron chi connectivity index (χ2n) is 4.74. The molecular formula is C14H18FNO3S. The first-order valence-electron chi connectivity index (χ1n) is 6.04. The van der Waals surface area contributed by atoms with Crippen molar-refractivity contribution in [3.63, 3.8) is 0 Å². The van der Waals surface area contributed by atoms with Crippen LogP contribution in [0.1, 0.15) is 19.4 Å². The molecule has 0 aliphatic carbocycles. The van der Waals surface area contributed by atoms with Gasteiger partial charge in [-0.15, -0.1) is 0 Å². The van der Waals surface area contributed by atoms with E-state index in [-0.39, 0.29) is 4.90 Å². The van der Waals surface area contributed by atoms with Gasteiger partial charge < -0.3 is 4.55 Å². The van der Waals surface area contributed by atoms with Crippen molar-refractivity contribution < 1.29 is 22.7 Å². The molecule has 2 rings (SSSR count). The molecule has 1 aliphatic heterocycles. The first-order valence-corrected chi connectivity index (χ1v) is 7.45. The van der Waals surface area contributed by atoms with Crippen molar-refractivity contribution in [2.75, 3.05) is 0 Å². The molecule has 110 valence electrons. The molecule has 1 unspecified atom stereocenters. The Morgan fingerprint density at radius 3 is 2.10 bits per heavy atom. The summed E-state index contributed by atoms with van der Waals surface area (Å²) in [4.78, 5) is -0.178. The van der Waals surface area contributed by atoms with Crippen LogP contribution in [0.3, 0.4) is 0 Å². The van der Waals surface area contributed by atoms with E-state index < -0.39 is 15.9 Å². The van der Waals surface area contributed by atoms with Crippen LogP contribution in [0.25, 0.3) is 0 Å². The number of nitrogens with two attached hydrogens (primary N) is 1. The van der Waals surface area contributed by atoms with E-state index in [2.05, 4.69) is 0 Å². The Hall–Kier alpha value is -1.50. The maximum atomic E-state index is 13.1. The number of hydrogen-bond acceptors (Lipinski definition) is 3. The fraction of sp³-hybridized carbons (Fsp3) is 0.286. The predicted molar refractivity (Wildman–Crippen MR) is 73.5 cm³/mol. The molecule has 0 radical (unpaired) electrons. The summed E-state index contributed by atoms with van der Waals surface area (Å²) in [5.74, 6) is -1.21. The van der Waals surface area contributed by atoms with Crippen molar-refractivity contribution in [3.05, 3.63) is 53.8 Å². The molecule has 1 heterocycles. The van der Waals surface area contributed by atoms with E-state index in [1.54, 1.807) is 43.6 Å². The molecule has 6 heteroatoms. The van der Waals surface area contributed by atoms with Gasteiger partial charge in [-0.2, -0.15) is 4.39 Å². The lowest BCUT2D eigenvalue weighted by Gasteiger charge is -2.18. The molecule has 0 fully saturated rings. The molecule has 1 aromatic carbocycles. The van der Waals surface area contributed by atoms with Crippen LogP contribution >= 0.6 is 0 Å². The number of rotatable bonds is 1. The first kappa shape index (κ1) is 16.6. The van der Waals surface area contributed by atoms with E-state index in [4.69, 9.17) is 0 Å². The summed E-state index contributed by atoms with van der Waals surface area (Å²) in [6, 6.07) is 5.78. The lowest BCUT2D eigenvalue weighted by atomic mass is 10.1. The minimum Gasteiger partial charge on any atom is -0.744 e. The number of benzene rings is 1. The molecule has 2 N–H and O–H groups in total. The highest BCUT2D eigenvalue weighted by molar-refractivity contribution is 7.85. The van der Waals surface area contributed by atoms with Crippen LogP contribution in [-0.4, -0.2) is 18.8 Å². The molecule has 1 atom stereocenters. The second kappa shape index (κ2) is 6.30. The Labute approximate surface area is 118 Å². The average molecular weight is 299 g/mol. The van der Waals surface area contributed by atoms with Gasteiger partial charge in [-0.25, -0.2) is 8.42 Å². The van der Waals surface area contributed by atoms with E-state index in [0.717, 1.165) is 11.1 Å². The Morgan fingerprint density at radius 1 is 1.20 bits per heavy atom. The first-order chi connectivity index (χ1) is 9.13. The molecular weight excluding hydrogens is 281 g/mol. The maximum Gasteiger partial charge on any atom is 0.262 e. The number of quaternary nitrogens is 1. The molecule has 1 aliphatic rings. The van der Waals surface area contributed by atoms with E-state index in [9.17, 15) is 17.4 Å². The van der Waals surface area contributed by atoms with E-state index >= 15 is 0 Å². The van der Waals surface area contributed by atoms with Gasteiger partial charge in [0.1, 0.15) is 10.1 Å². The SMILES string of the molecule is CC1=CC=C[NH2+]C1(C)F.Cc1ccc(S(=O)(=O)[O-])cc1. The monoisotopic (exact) mass is 299 g/mol. The summed E-state index contributed by atoms with van der Waals surface area (Å²) in [6.07, 6.45) is 5.36. The molecule has 1 aromatic rings. The zero-order valence-corrected chi connectivity index (χ0v) is 12.4. The average Bonchev–Trinajstić information content (AvgIpc) is 2.33. The van der Waals surface area contributed by atoms with Crippen molar-refractivity contribution in [1.82, 2.24) is 0 Å². The van der Waals surface area contributed by atoms with Gasteiger partial charge in [0.15, 0.2) is 0 Å². The quantitative estimate of drug-likeness (QED) is 0.632. The zero-order chi connectivity index (χ0) is 15.4. The Balaban J connectivity index is 0.000000204. The molecule has 0 spiro atoms. The standard InChI is InChI=1S/C7H10FN.C7H8O3S/c1-6-4-3-5-9-7(6,2)8;1-6-2-4-7(5-3-6)11(8,9)10/h3-5,9H,1-2H3;2-5H,1H3,(H,8,9,10). The molecule has 0 aromatic heterocycles. The van der Waals surface area contributed by atoms with Gasteiger partial charge in [-0.3, -0.25) is 5.32 Å². The lowest BCUT2D eigenvalue weighted by Crippen LogP contribution is -2.90. The Morgan fingerprint density at radius 2 is 1.75 bits per heavy atom. The summed E-state index contributed by atoms with van der Waals surface area (Å²) < 4.78 is 44.3. The van der Waals surface area contributed by atoms with Crippen LogP contribution in [0.15, 0.2) is 53.1 Å². The highest BCUT2D eigenvalue weighted by Crippen LogP contribution is 2.14. The van der Waals surface area contributed by atoms with Gasteiger partial charge in [0.05, 0.1) is 11.1 Å². The van der Waals surface area contributed by atoms with Crippen LogP contribution in [-0.2, 0) is 10.1 Å². The topological polar surface area (TPSA) is 73.8 Å². The van der Waals surface area contributed by atoms with Gasteiger partial charge in [0.25, 0.3) is 5.79 Å². The molecule has 4 nitrogen and oxygen atoms in total. The van der Waals surface area contributed by atoms with Gasteiger partial charge in [0.2, 0.25) is 0 Å². The van der Waals surface area contributed by atoms with Gasteiger partial charge in [-0.1, -0.05) is 17.7 Å². The minimum atomic E-state index is -4.27. The predicted octanol–water partition coefficient (Wildman–Crippen LogP) is 1.61. The highest BCUT2D eigenvalue weighted by atomic mass is 32.2. The summed E-state index contributed by atoms with van der Waals surface area (Å²) >= 11 is 0. The van der Waals surface area contributed by atoms with Crippen LogP contribution in [0, 0.1) is 6.92 Å². The molecule has 0 bridgehead atoms. The number of allylic oxidation sites excluding steroid dienone is 2. The fourth-order valence-corrected chi connectivity index (χ4v) is 1.90. The second-order valence-corrected chi connectivity index (χ2v) is 6.12. The number of alkyl halides is 1. The lowest BCUT2D eigenvalue weighted by molar-refractivity contribution is -0.685. The number of halogens is 1. The summed E-state index contributed by atoms with van der Waals surface area (Å²) in [6.45, 7) is 5.17. The molecule has 0 saturated heterocycles. The molecule has 20 heavy (non-hydrogen) atoms. The van der Waals surface area contributed by atoms with Crippen molar-refractivity contribution in [1.29, 1.82) is 0 Å². The fourth-order valence-electron chi connectivity index (χ4n) is 1.44. The summed E-state index contributed by atoms with van der Waals surface area (Å²) in [5.41, 5.74) is 1.70. The Bertz CT molecular complexity index is 616. The number of hydrogen-bond donors (Lipinski definition) is 1. The van der Waals surface area contributed by atoms with Gasteiger partial charge in [0, 0.05) is 12.5 Å². The third-order valence-electron chi connectivity index (χ3n) is 2.95. The smallest absolute Gasteiger partial charge is 0.262 e. The largest absolute Gasteiger partial charge is 0.744 e. The van der Waals surface area contributed by atoms with Crippen molar-refractivity contribution >= 4 is 10.1 Å². The van der Waals surface area contributed by atoms with E-state index in [1.165, 1.54) is 12.1 Å². The van der Waals surface area contributed by atoms with Crippen LogP contribution in [0.2, 0.25) is 0 Å². The minimum absolute atomic E-state index is 0.178. The third kappa shape index (κ3) is 4.88. The van der Waals surface area contributed by atoms with Crippen molar-refractivity contribution in [2.45, 2.75) is 31.5 Å². The van der Waals surface area contributed by atoms with Crippen LogP contribution < -0.4 is 5.32 Å². The van der Waals surface area contributed by atoms with Crippen molar-refractivity contribution in [3.8, 4) is 0 Å². The third-order valence-corrected chi connectivity index (χ3v) is 3.80. The van der Waals surface area contributed by atoms with Crippen LogP contribution in [0.5, 0.6) is 0 Å². The maximum absolute atomic E-state index is 13.1. The summed E-state index contributed by atoms with van der Waals surface area (Å²) in [5, 5.41) is 1.56. The Kier molecular flexibility index (Phi) is 5.21. The van der Waals surface area contributed by atoms with E-state index in [0.29, 0.717) is 0 Å². The van der Waals surface area contributed by atoms with E-state index in [1.807, 2.05) is 13.0 Å². The molecule has 0 saturated carbocycles. The summed E-state index contributed by atoms with van der Waals surface area (Å²) in [7, 11) is -4.27. The highest BCUT2D eigenvalue weighted by Gasteiger charge is 2.29. The zero-order valence-electron chi connectivity index (χ0n) is 11.6. The number of aryl methyl sites for hydroxylation is 1. The molecule has 0 amide bonds.